The number of carbonyl (C=O) groups excluding carboxylic acids is 1. The number of aryl methyl sites for hydroxylation is 1. The largest absolute Gasteiger partial charge is 0.355 e. The standard InChI is InChI=1S/C12H17ClN2O/c1-9-3-4-11(12(13)7-9)8-14-5-6-15-10(2)16/h3-4,7,14H,5-6,8H2,1-2H3,(H,15,16). The smallest absolute Gasteiger partial charge is 0.216 e. The highest BCUT2D eigenvalue weighted by Gasteiger charge is 1.99. The highest BCUT2D eigenvalue weighted by atomic mass is 35.5. The zero-order valence-electron chi connectivity index (χ0n) is 9.64. The minimum atomic E-state index is -0.00447. The van der Waals surface area contributed by atoms with E-state index in [9.17, 15) is 4.79 Å². The van der Waals surface area contributed by atoms with Gasteiger partial charge in [0.25, 0.3) is 0 Å². The number of hydrogen-bond donors (Lipinski definition) is 2. The topological polar surface area (TPSA) is 41.1 Å². The molecule has 0 fully saturated rings. The number of rotatable bonds is 5. The molecule has 0 atom stereocenters. The van der Waals surface area contributed by atoms with E-state index in [1.54, 1.807) is 0 Å². The summed E-state index contributed by atoms with van der Waals surface area (Å²) >= 11 is 6.08. The van der Waals surface area contributed by atoms with Gasteiger partial charge in [-0.15, -0.1) is 0 Å². The van der Waals surface area contributed by atoms with Crippen LogP contribution in [0.3, 0.4) is 0 Å². The normalized spacial score (nSPS) is 10.2. The predicted octanol–water partition coefficient (Wildman–Crippen LogP) is 1.87. The summed E-state index contributed by atoms with van der Waals surface area (Å²) in [5, 5.41) is 6.72. The lowest BCUT2D eigenvalue weighted by atomic mass is 10.1. The molecule has 0 aliphatic rings. The summed E-state index contributed by atoms with van der Waals surface area (Å²) in [6.07, 6.45) is 0. The minimum absolute atomic E-state index is 0.00447. The van der Waals surface area contributed by atoms with E-state index in [2.05, 4.69) is 10.6 Å². The molecule has 4 heteroatoms. The van der Waals surface area contributed by atoms with Gasteiger partial charge in [0.15, 0.2) is 0 Å². The van der Waals surface area contributed by atoms with Crippen LogP contribution >= 0.6 is 11.6 Å². The number of nitrogens with one attached hydrogen (secondary N) is 2. The molecule has 0 spiro atoms. The molecule has 0 radical (unpaired) electrons. The number of amides is 1. The van der Waals surface area contributed by atoms with Crippen molar-refractivity contribution in [2.75, 3.05) is 13.1 Å². The van der Waals surface area contributed by atoms with Crippen molar-refractivity contribution in [2.24, 2.45) is 0 Å². The fourth-order valence-corrected chi connectivity index (χ4v) is 1.65. The van der Waals surface area contributed by atoms with Crippen LogP contribution in [-0.4, -0.2) is 19.0 Å². The fourth-order valence-electron chi connectivity index (χ4n) is 1.35. The van der Waals surface area contributed by atoms with Crippen molar-refractivity contribution in [1.29, 1.82) is 0 Å². The molecular formula is C12H17ClN2O. The summed E-state index contributed by atoms with van der Waals surface area (Å²) in [5.41, 5.74) is 2.24. The van der Waals surface area contributed by atoms with Crippen molar-refractivity contribution in [3.8, 4) is 0 Å². The average molecular weight is 241 g/mol. The summed E-state index contributed by atoms with van der Waals surface area (Å²) in [7, 11) is 0. The fraction of sp³-hybridized carbons (Fsp3) is 0.417. The molecule has 0 saturated carbocycles. The maximum atomic E-state index is 10.6. The van der Waals surface area contributed by atoms with E-state index in [4.69, 9.17) is 11.6 Å². The Morgan fingerprint density at radius 3 is 2.75 bits per heavy atom. The van der Waals surface area contributed by atoms with Gasteiger partial charge in [0.1, 0.15) is 0 Å². The molecule has 0 saturated heterocycles. The third-order valence-corrected chi connectivity index (χ3v) is 2.55. The van der Waals surface area contributed by atoms with Crippen LogP contribution in [0.4, 0.5) is 0 Å². The third-order valence-electron chi connectivity index (χ3n) is 2.20. The van der Waals surface area contributed by atoms with Crippen LogP contribution in [0.25, 0.3) is 0 Å². The summed E-state index contributed by atoms with van der Waals surface area (Å²) in [6, 6.07) is 6.01. The van der Waals surface area contributed by atoms with Gasteiger partial charge >= 0.3 is 0 Å². The van der Waals surface area contributed by atoms with Gasteiger partial charge in [-0.25, -0.2) is 0 Å². The van der Waals surface area contributed by atoms with E-state index in [0.717, 1.165) is 29.2 Å². The van der Waals surface area contributed by atoms with E-state index in [-0.39, 0.29) is 5.91 Å². The highest BCUT2D eigenvalue weighted by molar-refractivity contribution is 6.31. The highest BCUT2D eigenvalue weighted by Crippen LogP contribution is 2.16. The molecule has 0 unspecified atom stereocenters. The maximum absolute atomic E-state index is 10.6. The second kappa shape index (κ2) is 6.51. The predicted molar refractivity (Wildman–Crippen MR) is 66.6 cm³/mol. The van der Waals surface area contributed by atoms with Crippen molar-refractivity contribution in [2.45, 2.75) is 20.4 Å². The number of carbonyl (C=O) groups is 1. The Labute approximate surface area is 101 Å². The van der Waals surface area contributed by atoms with Crippen LogP contribution in [0, 0.1) is 6.92 Å². The molecule has 1 aromatic carbocycles. The summed E-state index contributed by atoms with van der Waals surface area (Å²) in [4.78, 5) is 10.6. The van der Waals surface area contributed by atoms with Gasteiger partial charge < -0.3 is 10.6 Å². The first kappa shape index (κ1) is 13.0. The van der Waals surface area contributed by atoms with Gasteiger partial charge in [0.2, 0.25) is 5.91 Å². The Balaban J connectivity index is 2.29. The first-order chi connectivity index (χ1) is 7.59. The second-order valence-corrected chi connectivity index (χ2v) is 4.16. The summed E-state index contributed by atoms with van der Waals surface area (Å²) < 4.78 is 0. The van der Waals surface area contributed by atoms with Gasteiger partial charge in [-0.1, -0.05) is 23.7 Å². The van der Waals surface area contributed by atoms with Gasteiger partial charge in [-0.2, -0.15) is 0 Å². The Kier molecular flexibility index (Phi) is 5.29. The molecule has 2 N–H and O–H groups in total. The molecule has 0 heterocycles. The van der Waals surface area contributed by atoms with E-state index in [1.165, 1.54) is 6.92 Å². The van der Waals surface area contributed by atoms with Crippen LogP contribution in [0.1, 0.15) is 18.1 Å². The molecule has 88 valence electrons. The lowest BCUT2D eigenvalue weighted by Crippen LogP contribution is -2.29. The van der Waals surface area contributed by atoms with Gasteiger partial charge in [0, 0.05) is 31.6 Å². The molecule has 0 bridgehead atoms. The Morgan fingerprint density at radius 2 is 2.12 bits per heavy atom. The van der Waals surface area contributed by atoms with E-state index < -0.39 is 0 Å². The van der Waals surface area contributed by atoms with Gasteiger partial charge in [-0.05, 0) is 24.1 Å². The van der Waals surface area contributed by atoms with Gasteiger partial charge in [0.05, 0.1) is 0 Å². The zero-order valence-corrected chi connectivity index (χ0v) is 10.4. The van der Waals surface area contributed by atoms with E-state index >= 15 is 0 Å². The molecule has 1 amide bonds. The second-order valence-electron chi connectivity index (χ2n) is 3.75. The zero-order chi connectivity index (χ0) is 12.0. The summed E-state index contributed by atoms with van der Waals surface area (Å²) in [5.74, 6) is -0.00447. The lowest BCUT2D eigenvalue weighted by molar-refractivity contribution is -0.118. The van der Waals surface area contributed by atoms with Crippen LogP contribution in [0.2, 0.25) is 5.02 Å². The molecular weight excluding hydrogens is 224 g/mol. The van der Waals surface area contributed by atoms with Crippen molar-refractivity contribution in [3.05, 3.63) is 34.3 Å². The molecule has 1 rings (SSSR count). The van der Waals surface area contributed by atoms with Crippen molar-refractivity contribution >= 4 is 17.5 Å². The maximum Gasteiger partial charge on any atom is 0.216 e. The lowest BCUT2D eigenvalue weighted by Gasteiger charge is -2.07. The molecule has 1 aromatic rings. The molecule has 0 aromatic heterocycles. The van der Waals surface area contributed by atoms with Crippen molar-refractivity contribution in [3.63, 3.8) is 0 Å². The van der Waals surface area contributed by atoms with E-state index in [1.807, 2.05) is 25.1 Å². The van der Waals surface area contributed by atoms with E-state index in [0.29, 0.717) is 6.54 Å². The Bertz CT molecular complexity index is 366. The Morgan fingerprint density at radius 1 is 1.38 bits per heavy atom. The molecule has 0 aliphatic carbocycles. The monoisotopic (exact) mass is 240 g/mol. The number of halogens is 1. The summed E-state index contributed by atoms with van der Waals surface area (Å²) in [6.45, 7) is 5.62. The average Bonchev–Trinajstić information content (AvgIpc) is 2.20. The number of benzene rings is 1. The quantitative estimate of drug-likeness (QED) is 0.772. The molecule has 16 heavy (non-hydrogen) atoms. The van der Waals surface area contributed by atoms with Crippen LogP contribution in [0.15, 0.2) is 18.2 Å². The molecule has 0 aliphatic heterocycles. The van der Waals surface area contributed by atoms with Crippen LogP contribution in [-0.2, 0) is 11.3 Å². The SMILES string of the molecule is CC(=O)NCCNCc1ccc(C)cc1Cl. The van der Waals surface area contributed by atoms with Crippen LogP contribution in [0.5, 0.6) is 0 Å². The van der Waals surface area contributed by atoms with Crippen molar-refractivity contribution in [1.82, 2.24) is 10.6 Å². The molecule has 3 nitrogen and oxygen atoms in total. The number of hydrogen-bond acceptors (Lipinski definition) is 2. The van der Waals surface area contributed by atoms with Crippen molar-refractivity contribution < 1.29 is 4.79 Å². The first-order valence-corrected chi connectivity index (χ1v) is 5.67. The van der Waals surface area contributed by atoms with Crippen LogP contribution < -0.4 is 10.6 Å². The van der Waals surface area contributed by atoms with Gasteiger partial charge in [-0.3, -0.25) is 4.79 Å². The Hall–Kier alpha value is -1.06. The third kappa shape index (κ3) is 4.64. The minimum Gasteiger partial charge on any atom is -0.355 e. The first-order valence-electron chi connectivity index (χ1n) is 5.30.